The molecular weight excluding hydrogens is 316 g/mol. The Kier molecular flexibility index (Phi) is 4.81. The number of ether oxygens (including phenoxy) is 1. The molecule has 2 aliphatic heterocycles. The van der Waals surface area contributed by atoms with Gasteiger partial charge in [-0.2, -0.15) is 9.97 Å². The largest absolute Gasteiger partial charge is 0.464 e. The van der Waals surface area contributed by atoms with E-state index >= 15 is 0 Å². The summed E-state index contributed by atoms with van der Waals surface area (Å²) in [5.41, 5.74) is 1.67. The number of nitrogens with zero attached hydrogens (tertiary/aromatic N) is 6. The Bertz CT molecular complexity index is 725. The average Bonchev–Trinajstić information content (AvgIpc) is 2.68. The molecule has 0 aromatic carbocycles. The van der Waals surface area contributed by atoms with Crippen LogP contribution in [0, 0.1) is 0 Å². The van der Waals surface area contributed by atoms with Gasteiger partial charge >= 0.3 is 6.01 Å². The van der Waals surface area contributed by atoms with Crippen LogP contribution in [0.2, 0.25) is 0 Å². The second kappa shape index (κ2) is 7.37. The highest BCUT2D eigenvalue weighted by Gasteiger charge is 2.23. The molecule has 0 unspecified atom stereocenters. The fourth-order valence-electron chi connectivity index (χ4n) is 3.76. The molecule has 0 N–H and O–H groups in total. The van der Waals surface area contributed by atoms with Crippen molar-refractivity contribution in [3.05, 3.63) is 6.33 Å². The average molecular weight is 342 g/mol. The lowest BCUT2D eigenvalue weighted by Crippen LogP contribution is -2.32. The van der Waals surface area contributed by atoms with Crippen molar-refractivity contribution in [2.24, 2.45) is 0 Å². The smallest absolute Gasteiger partial charge is 0.319 e. The SMILES string of the molecule is CCOc1nc(N2CCCCC2)c2ncnc(N3CCCCC3)c2n1. The third-order valence-corrected chi connectivity index (χ3v) is 5.01. The van der Waals surface area contributed by atoms with Gasteiger partial charge in [0.05, 0.1) is 6.61 Å². The van der Waals surface area contributed by atoms with E-state index < -0.39 is 0 Å². The van der Waals surface area contributed by atoms with Crippen LogP contribution in [-0.2, 0) is 0 Å². The molecule has 7 nitrogen and oxygen atoms in total. The van der Waals surface area contributed by atoms with Gasteiger partial charge in [-0.15, -0.1) is 0 Å². The van der Waals surface area contributed by atoms with Gasteiger partial charge in [-0.1, -0.05) is 0 Å². The molecule has 0 radical (unpaired) electrons. The van der Waals surface area contributed by atoms with Crippen LogP contribution in [0.5, 0.6) is 6.01 Å². The second-order valence-corrected chi connectivity index (χ2v) is 6.75. The van der Waals surface area contributed by atoms with E-state index in [1.54, 1.807) is 6.33 Å². The topological polar surface area (TPSA) is 67.3 Å². The zero-order valence-electron chi connectivity index (χ0n) is 14.9. The minimum absolute atomic E-state index is 0.434. The highest BCUT2D eigenvalue weighted by atomic mass is 16.5. The van der Waals surface area contributed by atoms with Gasteiger partial charge in [0, 0.05) is 26.2 Å². The Labute approximate surface area is 148 Å². The first-order valence-electron chi connectivity index (χ1n) is 9.52. The summed E-state index contributed by atoms with van der Waals surface area (Å²) in [6.07, 6.45) is 9.02. The molecule has 2 aromatic rings. The van der Waals surface area contributed by atoms with Crippen LogP contribution >= 0.6 is 0 Å². The van der Waals surface area contributed by atoms with Crippen molar-refractivity contribution in [2.45, 2.75) is 45.4 Å². The number of hydrogen-bond acceptors (Lipinski definition) is 7. The minimum atomic E-state index is 0.434. The van der Waals surface area contributed by atoms with Crippen LogP contribution in [0.15, 0.2) is 6.33 Å². The quantitative estimate of drug-likeness (QED) is 0.846. The molecule has 4 rings (SSSR count). The Morgan fingerprint density at radius 2 is 1.44 bits per heavy atom. The molecule has 0 amide bonds. The molecule has 0 atom stereocenters. The first-order valence-corrected chi connectivity index (χ1v) is 9.52. The van der Waals surface area contributed by atoms with E-state index in [4.69, 9.17) is 4.74 Å². The van der Waals surface area contributed by atoms with Crippen molar-refractivity contribution in [3.63, 3.8) is 0 Å². The van der Waals surface area contributed by atoms with Crippen molar-refractivity contribution >= 4 is 22.7 Å². The lowest BCUT2D eigenvalue weighted by atomic mass is 10.1. The standard InChI is InChI=1S/C18H26N6O/c1-2-25-18-21-15-14(17(22-18)24-11-7-4-8-12-24)19-13-20-16(15)23-9-5-3-6-10-23/h13H,2-12H2,1H3. The normalized spacial score (nSPS) is 18.6. The van der Waals surface area contributed by atoms with Gasteiger partial charge in [-0.3, -0.25) is 0 Å². The molecule has 0 spiro atoms. The summed E-state index contributed by atoms with van der Waals surface area (Å²) in [7, 11) is 0. The summed E-state index contributed by atoms with van der Waals surface area (Å²) in [6, 6.07) is 0.434. The third-order valence-electron chi connectivity index (χ3n) is 5.01. The van der Waals surface area contributed by atoms with E-state index in [-0.39, 0.29) is 0 Å². The lowest BCUT2D eigenvalue weighted by Gasteiger charge is -2.30. The van der Waals surface area contributed by atoms with Gasteiger partial charge in [0.1, 0.15) is 17.4 Å². The fourth-order valence-corrected chi connectivity index (χ4v) is 3.76. The van der Waals surface area contributed by atoms with Crippen LogP contribution in [0.25, 0.3) is 11.0 Å². The van der Waals surface area contributed by atoms with Gasteiger partial charge in [0.15, 0.2) is 11.6 Å². The molecular formula is C18H26N6O. The van der Waals surface area contributed by atoms with Crippen LogP contribution in [0.1, 0.15) is 45.4 Å². The molecule has 134 valence electrons. The number of anilines is 2. The fraction of sp³-hybridized carbons (Fsp3) is 0.667. The number of hydrogen-bond donors (Lipinski definition) is 0. The first kappa shape index (κ1) is 16.3. The molecule has 25 heavy (non-hydrogen) atoms. The van der Waals surface area contributed by atoms with Crippen LogP contribution in [0.4, 0.5) is 11.6 Å². The van der Waals surface area contributed by atoms with Crippen LogP contribution in [0.3, 0.4) is 0 Å². The van der Waals surface area contributed by atoms with Crippen molar-refractivity contribution in [1.29, 1.82) is 0 Å². The molecule has 7 heteroatoms. The van der Waals surface area contributed by atoms with Crippen LogP contribution < -0.4 is 14.5 Å². The monoisotopic (exact) mass is 342 g/mol. The molecule has 0 aliphatic carbocycles. The summed E-state index contributed by atoms with van der Waals surface area (Å²) < 4.78 is 5.66. The van der Waals surface area contributed by atoms with Gasteiger partial charge in [-0.25, -0.2) is 9.97 Å². The van der Waals surface area contributed by atoms with Gasteiger partial charge in [0.25, 0.3) is 0 Å². The molecule has 2 fully saturated rings. The number of piperidine rings is 2. The summed E-state index contributed by atoms with van der Waals surface area (Å²) in [5.74, 6) is 1.82. The van der Waals surface area contributed by atoms with Crippen molar-refractivity contribution in [2.75, 3.05) is 42.6 Å². The van der Waals surface area contributed by atoms with Gasteiger partial charge in [-0.05, 0) is 45.4 Å². The Balaban J connectivity index is 1.82. The summed E-state index contributed by atoms with van der Waals surface area (Å²) in [4.78, 5) is 23.1. The number of aromatic nitrogens is 4. The first-order chi connectivity index (χ1) is 12.4. The predicted octanol–water partition coefficient (Wildman–Crippen LogP) is 2.80. The van der Waals surface area contributed by atoms with Gasteiger partial charge < -0.3 is 14.5 Å². The zero-order valence-corrected chi connectivity index (χ0v) is 14.9. The van der Waals surface area contributed by atoms with E-state index in [0.717, 1.165) is 48.8 Å². The van der Waals surface area contributed by atoms with Crippen LogP contribution in [-0.4, -0.2) is 52.7 Å². The predicted molar refractivity (Wildman–Crippen MR) is 98.4 cm³/mol. The molecule has 0 saturated carbocycles. The minimum Gasteiger partial charge on any atom is -0.464 e. The highest BCUT2D eigenvalue weighted by molar-refractivity contribution is 5.93. The summed E-state index contributed by atoms with van der Waals surface area (Å²) >= 11 is 0. The van der Waals surface area contributed by atoms with Crippen molar-refractivity contribution in [1.82, 2.24) is 19.9 Å². The zero-order chi connectivity index (χ0) is 17.1. The van der Waals surface area contributed by atoms with Crippen molar-refractivity contribution in [3.8, 4) is 6.01 Å². The van der Waals surface area contributed by atoms with E-state index in [2.05, 4.69) is 29.7 Å². The number of fused-ring (bicyclic) bond motifs is 1. The number of rotatable bonds is 4. The molecule has 2 aliphatic rings. The third kappa shape index (κ3) is 3.32. The maximum absolute atomic E-state index is 5.66. The van der Waals surface area contributed by atoms with E-state index in [1.807, 2.05) is 6.92 Å². The summed E-state index contributed by atoms with van der Waals surface area (Å²) in [6.45, 7) is 6.60. The molecule has 2 aromatic heterocycles. The van der Waals surface area contributed by atoms with E-state index in [9.17, 15) is 0 Å². The maximum atomic E-state index is 5.66. The molecule has 0 bridgehead atoms. The maximum Gasteiger partial charge on any atom is 0.319 e. The molecule has 4 heterocycles. The lowest BCUT2D eigenvalue weighted by molar-refractivity contribution is 0.314. The summed E-state index contributed by atoms with van der Waals surface area (Å²) in [5, 5.41) is 0. The van der Waals surface area contributed by atoms with Crippen molar-refractivity contribution < 1.29 is 4.74 Å². The highest BCUT2D eigenvalue weighted by Crippen LogP contribution is 2.32. The van der Waals surface area contributed by atoms with Gasteiger partial charge in [0.2, 0.25) is 0 Å². The Hall–Kier alpha value is -2.18. The van der Waals surface area contributed by atoms with E-state index in [1.165, 1.54) is 38.5 Å². The Morgan fingerprint density at radius 3 is 2.08 bits per heavy atom. The van der Waals surface area contributed by atoms with E-state index in [0.29, 0.717) is 12.6 Å². The Morgan fingerprint density at radius 1 is 0.800 bits per heavy atom. The second-order valence-electron chi connectivity index (χ2n) is 6.75. The molecule has 2 saturated heterocycles.